The van der Waals surface area contributed by atoms with Crippen LogP contribution in [0, 0.1) is 5.92 Å². The predicted molar refractivity (Wildman–Crippen MR) is 79.8 cm³/mol. The molecule has 1 unspecified atom stereocenters. The van der Waals surface area contributed by atoms with Gasteiger partial charge < -0.3 is 9.32 Å². The SMILES string of the molecule is O=CCCC1CCN([PH](=O)OCc2ccccc2)CC1. The monoisotopic (exact) mass is 295 g/mol. The predicted octanol–water partition coefficient (Wildman–Crippen LogP) is 3.28. The highest BCUT2D eigenvalue weighted by Gasteiger charge is 2.22. The first-order valence-electron chi connectivity index (χ1n) is 7.19. The molecule has 0 bridgehead atoms. The topological polar surface area (TPSA) is 46.6 Å². The molecule has 0 aliphatic carbocycles. The van der Waals surface area contributed by atoms with Gasteiger partial charge in [-0.2, -0.15) is 0 Å². The Morgan fingerprint density at radius 3 is 2.60 bits per heavy atom. The van der Waals surface area contributed by atoms with Crippen LogP contribution in [-0.2, 0) is 20.5 Å². The van der Waals surface area contributed by atoms with Crippen molar-refractivity contribution in [3.05, 3.63) is 35.9 Å². The molecule has 0 radical (unpaired) electrons. The Morgan fingerprint density at radius 2 is 1.95 bits per heavy atom. The minimum Gasteiger partial charge on any atom is -0.315 e. The maximum absolute atomic E-state index is 12.1. The van der Waals surface area contributed by atoms with Crippen molar-refractivity contribution >= 4 is 14.5 Å². The van der Waals surface area contributed by atoms with Gasteiger partial charge in [0, 0.05) is 19.5 Å². The smallest absolute Gasteiger partial charge is 0.261 e. The zero-order chi connectivity index (χ0) is 14.2. The third-order valence-electron chi connectivity index (χ3n) is 3.77. The molecule has 0 N–H and O–H groups in total. The van der Waals surface area contributed by atoms with E-state index in [1.807, 2.05) is 35.0 Å². The fourth-order valence-electron chi connectivity index (χ4n) is 2.52. The fraction of sp³-hybridized carbons (Fsp3) is 0.533. The summed E-state index contributed by atoms with van der Waals surface area (Å²) in [5.41, 5.74) is 1.05. The van der Waals surface area contributed by atoms with Crippen LogP contribution >= 0.6 is 8.18 Å². The third kappa shape index (κ3) is 4.86. The molecule has 0 spiro atoms. The Balaban J connectivity index is 1.70. The highest BCUT2D eigenvalue weighted by molar-refractivity contribution is 7.36. The lowest BCUT2D eigenvalue weighted by atomic mass is 9.93. The molecule has 4 nitrogen and oxygen atoms in total. The second kappa shape index (κ2) is 8.35. The van der Waals surface area contributed by atoms with Crippen LogP contribution in [0.5, 0.6) is 0 Å². The van der Waals surface area contributed by atoms with Crippen LogP contribution in [-0.4, -0.2) is 24.0 Å². The summed E-state index contributed by atoms with van der Waals surface area (Å²) in [4.78, 5) is 10.4. The number of rotatable bonds is 7. The van der Waals surface area contributed by atoms with Crippen LogP contribution in [0.15, 0.2) is 30.3 Å². The largest absolute Gasteiger partial charge is 0.315 e. The average molecular weight is 295 g/mol. The van der Waals surface area contributed by atoms with Crippen molar-refractivity contribution in [3.63, 3.8) is 0 Å². The van der Waals surface area contributed by atoms with Gasteiger partial charge in [0.2, 0.25) is 0 Å². The molecule has 110 valence electrons. The van der Waals surface area contributed by atoms with E-state index in [1.165, 1.54) is 0 Å². The van der Waals surface area contributed by atoms with Gasteiger partial charge in [0.15, 0.2) is 0 Å². The van der Waals surface area contributed by atoms with Crippen molar-refractivity contribution in [2.45, 2.75) is 32.3 Å². The van der Waals surface area contributed by atoms with Crippen molar-refractivity contribution in [1.82, 2.24) is 4.67 Å². The van der Waals surface area contributed by atoms with Crippen molar-refractivity contribution in [2.75, 3.05) is 13.1 Å². The Labute approximate surface area is 121 Å². The van der Waals surface area contributed by atoms with Crippen LogP contribution in [0.3, 0.4) is 0 Å². The Bertz CT molecular complexity index is 430. The summed E-state index contributed by atoms with van der Waals surface area (Å²) in [5.74, 6) is 0.598. The second-order valence-corrected chi connectivity index (χ2v) is 6.67. The van der Waals surface area contributed by atoms with Crippen molar-refractivity contribution in [1.29, 1.82) is 0 Å². The van der Waals surface area contributed by atoms with E-state index in [9.17, 15) is 9.36 Å². The fourth-order valence-corrected chi connectivity index (χ4v) is 3.61. The summed E-state index contributed by atoms with van der Waals surface area (Å²) in [5, 5.41) is 0. The minimum atomic E-state index is -2.12. The molecule has 20 heavy (non-hydrogen) atoms. The van der Waals surface area contributed by atoms with Gasteiger partial charge in [-0.05, 0) is 30.7 Å². The highest BCUT2D eigenvalue weighted by Crippen LogP contribution is 2.35. The first kappa shape index (κ1) is 15.4. The zero-order valence-corrected chi connectivity index (χ0v) is 12.7. The van der Waals surface area contributed by atoms with Gasteiger partial charge in [-0.15, -0.1) is 0 Å². The molecule has 0 amide bonds. The van der Waals surface area contributed by atoms with Gasteiger partial charge in [-0.1, -0.05) is 30.3 Å². The number of carbonyl (C=O) groups is 1. The zero-order valence-electron chi connectivity index (χ0n) is 11.7. The van der Waals surface area contributed by atoms with E-state index in [0.29, 0.717) is 18.9 Å². The first-order valence-corrected chi connectivity index (χ1v) is 8.45. The number of nitrogens with zero attached hydrogens (tertiary/aromatic N) is 1. The number of piperidine rings is 1. The summed E-state index contributed by atoms with van der Waals surface area (Å²) in [6.45, 7) is 2.04. The van der Waals surface area contributed by atoms with Crippen LogP contribution in [0.25, 0.3) is 0 Å². The van der Waals surface area contributed by atoms with Gasteiger partial charge in [0.05, 0.1) is 6.61 Å². The van der Waals surface area contributed by atoms with E-state index in [2.05, 4.69) is 0 Å². The Hall–Kier alpha value is -0.960. The maximum Gasteiger partial charge on any atom is 0.261 e. The minimum absolute atomic E-state index is 0.406. The standard InChI is InChI=1S/C15H22NO3P/c17-12-4-7-14-8-10-16(11-9-14)20(18)19-13-15-5-2-1-3-6-15/h1-3,5-6,12,14,20H,4,7-11,13H2. The van der Waals surface area contributed by atoms with Crippen LogP contribution in [0.4, 0.5) is 0 Å². The molecule has 5 heteroatoms. The van der Waals surface area contributed by atoms with Gasteiger partial charge >= 0.3 is 0 Å². The molecule has 1 atom stereocenters. The molecule has 1 aromatic rings. The number of benzene rings is 1. The molecular weight excluding hydrogens is 273 g/mol. The van der Waals surface area contributed by atoms with Crippen LogP contribution in [0.1, 0.15) is 31.2 Å². The summed E-state index contributed by atoms with van der Waals surface area (Å²) >= 11 is 0. The lowest BCUT2D eigenvalue weighted by Gasteiger charge is -2.30. The normalized spacial score (nSPS) is 18.8. The molecule has 1 heterocycles. The number of hydrogen-bond acceptors (Lipinski definition) is 3. The number of aldehydes is 1. The van der Waals surface area contributed by atoms with E-state index in [0.717, 1.165) is 44.2 Å². The average Bonchev–Trinajstić information content (AvgIpc) is 2.52. The molecule has 0 aromatic heterocycles. The highest BCUT2D eigenvalue weighted by atomic mass is 31.1. The molecule has 1 saturated heterocycles. The lowest BCUT2D eigenvalue weighted by molar-refractivity contribution is -0.108. The Kier molecular flexibility index (Phi) is 6.44. The van der Waals surface area contributed by atoms with Gasteiger partial charge in [0.1, 0.15) is 6.29 Å². The summed E-state index contributed by atoms with van der Waals surface area (Å²) < 4.78 is 19.6. The molecule has 2 rings (SSSR count). The van der Waals surface area contributed by atoms with Crippen molar-refractivity contribution in [3.8, 4) is 0 Å². The molecule has 1 aromatic carbocycles. The number of hydrogen-bond donors (Lipinski definition) is 0. The van der Waals surface area contributed by atoms with E-state index in [-0.39, 0.29) is 0 Å². The summed E-state index contributed by atoms with van der Waals surface area (Å²) in [7, 11) is -2.12. The molecular formula is C15H22NO3P. The first-order chi connectivity index (χ1) is 9.79. The number of carbonyl (C=O) groups excluding carboxylic acids is 1. The molecule has 1 aliphatic rings. The molecule has 0 saturated carbocycles. The van der Waals surface area contributed by atoms with Crippen molar-refractivity contribution in [2.24, 2.45) is 5.92 Å². The molecule has 1 fully saturated rings. The van der Waals surface area contributed by atoms with E-state index < -0.39 is 8.18 Å². The van der Waals surface area contributed by atoms with Gasteiger partial charge in [-0.25, -0.2) is 4.67 Å². The van der Waals surface area contributed by atoms with Crippen molar-refractivity contribution < 1.29 is 13.9 Å². The lowest BCUT2D eigenvalue weighted by Crippen LogP contribution is -2.28. The summed E-state index contributed by atoms with van der Waals surface area (Å²) in [6.07, 6.45) is 4.61. The Morgan fingerprint density at radius 1 is 1.25 bits per heavy atom. The quantitative estimate of drug-likeness (QED) is 0.572. The second-order valence-electron chi connectivity index (χ2n) is 5.21. The summed E-state index contributed by atoms with van der Waals surface area (Å²) in [6, 6.07) is 9.81. The van der Waals surface area contributed by atoms with Crippen LogP contribution in [0.2, 0.25) is 0 Å². The van der Waals surface area contributed by atoms with Gasteiger partial charge in [0.25, 0.3) is 8.18 Å². The maximum atomic E-state index is 12.1. The van der Waals surface area contributed by atoms with E-state index in [4.69, 9.17) is 4.52 Å². The third-order valence-corrected chi connectivity index (χ3v) is 5.13. The van der Waals surface area contributed by atoms with E-state index in [1.54, 1.807) is 0 Å². The van der Waals surface area contributed by atoms with E-state index >= 15 is 0 Å². The van der Waals surface area contributed by atoms with Gasteiger partial charge in [-0.3, -0.25) is 4.57 Å². The molecule has 1 aliphatic heterocycles. The van der Waals surface area contributed by atoms with Crippen LogP contribution < -0.4 is 0 Å².